The van der Waals surface area contributed by atoms with Crippen molar-refractivity contribution in [1.82, 2.24) is 0 Å². The van der Waals surface area contributed by atoms with Gasteiger partial charge in [0, 0.05) is 6.92 Å². The van der Waals surface area contributed by atoms with Crippen LogP contribution >= 0.6 is 0 Å². The molecule has 0 spiro atoms. The molecule has 2 nitrogen and oxygen atoms in total. The molecule has 1 aromatic carbocycles. The summed E-state index contributed by atoms with van der Waals surface area (Å²) in [7, 11) is 0. The molecular weight excluding hydrogens is 224 g/mol. The van der Waals surface area contributed by atoms with E-state index in [0.29, 0.717) is 6.61 Å². The predicted octanol–water partition coefficient (Wildman–Crippen LogP) is 4.21. The molecule has 0 aliphatic heterocycles. The lowest BCUT2D eigenvalue weighted by Gasteiger charge is -2.08. The SMILES string of the molecule is CCCCCC(=Cc1ccccc1)COC(C)=O. The van der Waals surface area contributed by atoms with E-state index in [9.17, 15) is 4.79 Å². The van der Waals surface area contributed by atoms with Crippen LogP contribution in [-0.4, -0.2) is 12.6 Å². The summed E-state index contributed by atoms with van der Waals surface area (Å²) in [6, 6.07) is 10.2. The summed E-state index contributed by atoms with van der Waals surface area (Å²) in [6.07, 6.45) is 6.68. The highest BCUT2D eigenvalue weighted by molar-refractivity contribution is 5.66. The minimum atomic E-state index is -0.218. The maximum atomic E-state index is 10.9. The molecule has 98 valence electrons. The highest BCUT2D eigenvalue weighted by atomic mass is 16.5. The number of rotatable bonds is 7. The van der Waals surface area contributed by atoms with Crippen LogP contribution in [-0.2, 0) is 9.53 Å². The third kappa shape index (κ3) is 6.24. The van der Waals surface area contributed by atoms with Crippen LogP contribution in [0.1, 0.15) is 45.1 Å². The number of benzene rings is 1. The van der Waals surface area contributed by atoms with Crippen molar-refractivity contribution in [3.63, 3.8) is 0 Å². The van der Waals surface area contributed by atoms with Gasteiger partial charge < -0.3 is 4.74 Å². The molecule has 0 aliphatic carbocycles. The second-order valence-electron chi connectivity index (χ2n) is 4.45. The molecule has 0 amide bonds. The normalized spacial score (nSPS) is 11.3. The number of ether oxygens (including phenoxy) is 1. The molecule has 0 heterocycles. The maximum absolute atomic E-state index is 10.9. The first-order valence-electron chi connectivity index (χ1n) is 6.60. The lowest BCUT2D eigenvalue weighted by molar-refractivity contribution is -0.140. The fourth-order valence-corrected chi connectivity index (χ4v) is 1.77. The zero-order chi connectivity index (χ0) is 13.2. The van der Waals surface area contributed by atoms with E-state index in [1.165, 1.54) is 25.3 Å². The molecule has 0 unspecified atom stereocenters. The van der Waals surface area contributed by atoms with Crippen molar-refractivity contribution >= 4 is 12.0 Å². The zero-order valence-corrected chi connectivity index (χ0v) is 11.3. The van der Waals surface area contributed by atoms with Gasteiger partial charge in [0.25, 0.3) is 0 Å². The summed E-state index contributed by atoms with van der Waals surface area (Å²) >= 11 is 0. The maximum Gasteiger partial charge on any atom is 0.302 e. The first-order valence-corrected chi connectivity index (χ1v) is 6.60. The van der Waals surface area contributed by atoms with Crippen molar-refractivity contribution in [3.8, 4) is 0 Å². The second kappa shape index (κ2) is 8.51. The van der Waals surface area contributed by atoms with Crippen LogP contribution in [0.5, 0.6) is 0 Å². The summed E-state index contributed by atoms with van der Waals surface area (Å²) in [5, 5.41) is 0. The van der Waals surface area contributed by atoms with Crippen LogP contribution < -0.4 is 0 Å². The van der Waals surface area contributed by atoms with Gasteiger partial charge in [0.2, 0.25) is 0 Å². The first kappa shape index (κ1) is 14.5. The monoisotopic (exact) mass is 246 g/mol. The Kier molecular flexibility index (Phi) is 6.85. The average Bonchev–Trinajstić information content (AvgIpc) is 2.37. The lowest BCUT2D eigenvalue weighted by Crippen LogP contribution is -2.03. The zero-order valence-electron chi connectivity index (χ0n) is 11.3. The van der Waals surface area contributed by atoms with E-state index in [-0.39, 0.29) is 5.97 Å². The van der Waals surface area contributed by atoms with E-state index in [1.54, 1.807) is 0 Å². The van der Waals surface area contributed by atoms with Crippen LogP contribution in [0, 0.1) is 0 Å². The predicted molar refractivity (Wildman–Crippen MR) is 75.2 cm³/mol. The van der Waals surface area contributed by atoms with Crippen LogP contribution in [0.3, 0.4) is 0 Å². The van der Waals surface area contributed by atoms with Gasteiger partial charge in [-0.2, -0.15) is 0 Å². The Morgan fingerprint density at radius 1 is 1.22 bits per heavy atom. The van der Waals surface area contributed by atoms with E-state index < -0.39 is 0 Å². The van der Waals surface area contributed by atoms with Gasteiger partial charge in [-0.1, -0.05) is 56.2 Å². The summed E-state index contributed by atoms with van der Waals surface area (Å²) in [4.78, 5) is 10.9. The van der Waals surface area contributed by atoms with E-state index in [4.69, 9.17) is 4.74 Å². The van der Waals surface area contributed by atoms with Crippen molar-refractivity contribution < 1.29 is 9.53 Å². The Hall–Kier alpha value is -1.57. The highest BCUT2D eigenvalue weighted by Gasteiger charge is 2.01. The molecule has 0 bridgehead atoms. The minimum Gasteiger partial charge on any atom is -0.461 e. The van der Waals surface area contributed by atoms with Crippen LogP contribution in [0.4, 0.5) is 0 Å². The van der Waals surface area contributed by atoms with Gasteiger partial charge in [0.05, 0.1) is 0 Å². The van der Waals surface area contributed by atoms with Gasteiger partial charge in [0.1, 0.15) is 6.61 Å². The molecule has 1 aromatic rings. The van der Waals surface area contributed by atoms with Gasteiger partial charge in [-0.05, 0) is 24.0 Å². The second-order valence-corrected chi connectivity index (χ2v) is 4.45. The molecule has 0 aliphatic rings. The van der Waals surface area contributed by atoms with E-state index in [0.717, 1.165) is 18.4 Å². The molecule has 1 rings (SSSR count). The molecule has 0 radical (unpaired) electrons. The molecule has 0 aromatic heterocycles. The summed E-state index contributed by atoms with van der Waals surface area (Å²) in [5.41, 5.74) is 2.35. The third-order valence-corrected chi connectivity index (χ3v) is 2.73. The Morgan fingerprint density at radius 3 is 2.56 bits per heavy atom. The van der Waals surface area contributed by atoms with E-state index >= 15 is 0 Å². The molecule has 0 atom stereocenters. The average molecular weight is 246 g/mol. The third-order valence-electron chi connectivity index (χ3n) is 2.73. The lowest BCUT2D eigenvalue weighted by atomic mass is 10.0. The Bertz CT molecular complexity index is 379. The van der Waals surface area contributed by atoms with Gasteiger partial charge in [-0.25, -0.2) is 0 Å². The van der Waals surface area contributed by atoms with Crippen molar-refractivity contribution in [2.75, 3.05) is 6.61 Å². The topological polar surface area (TPSA) is 26.3 Å². The van der Waals surface area contributed by atoms with Gasteiger partial charge in [-0.15, -0.1) is 0 Å². The van der Waals surface area contributed by atoms with Crippen molar-refractivity contribution in [2.45, 2.75) is 39.5 Å². The van der Waals surface area contributed by atoms with Crippen molar-refractivity contribution in [2.24, 2.45) is 0 Å². The Morgan fingerprint density at radius 2 is 1.94 bits per heavy atom. The van der Waals surface area contributed by atoms with Crippen LogP contribution in [0.15, 0.2) is 35.9 Å². The number of carbonyl (C=O) groups excluding carboxylic acids is 1. The molecule has 18 heavy (non-hydrogen) atoms. The summed E-state index contributed by atoms with van der Waals surface area (Å²) in [5.74, 6) is -0.218. The van der Waals surface area contributed by atoms with E-state index in [2.05, 4.69) is 25.1 Å². The van der Waals surface area contributed by atoms with Gasteiger partial charge in [0.15, 0.2) is 0 Å². The van der Waals surface area contributed by atoms with Crippen LogP contribution in [0.25, 0.3) is 6.08 Å². The first-order chi connectivity index (χ1) is 8.72. The largest absolute Gasteiger partial charge is 0.461 e. The Balaban J connectivity index is 2.63. The Labute approximate surface area is 110 Å². The quantitative estimate of drug-likeness (QED) is 0.532. The number of carbonyl (C=O) groups is 1. The molecular formula is C16H22O2. The fraction of sp³-hybridized carbons (Fsp3) is 0.438. The standard InChI is InChI=1S/C16H22O2/c1-3-4-6-11-16(13-18-14(2)17)12-15-9-7-5-8-10-15/h5,7-10,12H,3-4,6,11,13H2,1-2H3. The number of esters is 1. The minimum absolute atomic E-state index is 0.218. The molecule has 0 N–H and O–H groups in total. The molecule has 0 fully saturated rings. The van der Waals surface area contributed by atoms with Crippen molar-refractivity contribution in [3.05, 3.63) is 41.5 Å². The number of unbranched alkanes of at least 4 members (excludes halogenated alkanes) is 2. The molecule has 2 heteroatoms. The van der Waals surface area contributed by atoms with Crippen molar-refractivity contribution in [1.29, 1.82) is 0 Å². The van der Waals surface area contributed by atoms with Gasteiger partial charge >= 0.3 is 5.97 Å². The smallest absolute Gasteiger partial charge is 0.302 e. The summed E-state index contributed by atoms with van der Waals surface area (Å²) in [6.45, 7) is 4.05. The van der Waals surface area contributed by atoms with E-state index in [1.807, 2.05) is 18.2 Å². The van der Waals surface area contributed by atoms with Crippen LogP contribution in [0.2, 0.25) is 0 Å². The van der Waals surface area contributed by atoms with Gasteiger partial charge in [-0.3, -0.25) is 4.79 Å². The molecule has 0 saturated heterocycles. The number of hydrogen-bond donors (Lipinski definition) is 0. The molecule has 0 saturated carbocycles. The number of hydrogen-bond acceptors (Lipinski definition) is 2. The highest BCUT2D eigenvalue weighted by Crippen LogP contribution is 2.14. The fourth-order valence-electron chi connectivity index (χ4n) is 1.77. The summed E-state index contributed by atoms with van der Waals surface area (Å²) < 4.78 is 5.10.